The lowest BCUT2D eigenvalue weighted by molar-refractivity contribution is 0.0255. The average Bonchev–Trinajstić information content (AvgIpc) is 2.36. The molecule has 0 aliphatic heterocycles. The molecule has 0 spiro atoms. The molecule has 0 N–H and O–H groups in total. The molecular weight excluding hydrogens is 220 g/mol. The van der Waals surface area contributed by atoms with Gasteiger partial charge in [-0.1, -0.05) is 19.3 Å². The summed E-state index contributed by atoms with van der Waals surface area (Å²) in [7, 11) is 2.93. The molecule has 98 valence electrons. The normalized spacial score (nSPS) is 25.3. The summed E-state index contributed by atoms with van der Waals surface area (Å²) in [6.45, 7) is 0. The number of methoxy groups -OCH3 is 2. The highest BCUT2D eigenvalue weighted by molar-refractivity contribution is 5.60. The number of hydrogen-bond donors (Lipinski definition) is 0. The van der Waals surface area contributed by atoms with Gasteiger partial charge in [0.05, 0.1) is 14.2 Å². The molecule has 0 aromatic rings. The van der Waals surface area contributed by atoms with E-state index >= 15 is 0 Å². The quantitative estimate of drug-likeness (QED) is 0.696. The Morgan fingerprint density at radius 2 is 1.88 bits per heavy atom. The average molecular weight is 242 g/mol. The molecule has 1 unspecified atom stereocenters. The van der Waals surface area contributed by atoms with Gasteiger partial charge in [-0.05, 0) is 31.8 Å². The van der Waals surface area contributed by atoms with Gasteiger partial charge in [-0.15, -0.1) is 0 Å². The molecule has 0 aromatic heterocycles. The number of carbonyl (C=O) groups is 1. The van der Waals surface area contributed by atoms with Crippen molar-refractivity contribution < 1.29 is 19.0 Å². The van der Waals surface area contributed by atoms with E-state index in [1.54, 1.807) is 7.11 Å². The Morgan fingerprint density at radius 3 is 2.59 bits per heavy atom. The van der Waals surface area contributed by atoms with Crippen LogP contribution in [0, 0.1) is 0 Å². The maximum atomic E-state index is 11.2. The maximum Gasteiger partial charge on any atom is 0.508 e. The fourth-order valence-electron chi connectivity index (χ4n) is 2.02. The highest BCUT2D eigenvalue weighted by atomic mass is 16.7. The molecule has 0 saturated carbocycles. The van der Waals surface area contributed by atoms with Crippen LogP contribution in [0.2, 0.25) is 0 Å². The van der Waals surface area contributed by atoms with E-state index in [0.717, 1.165) is 31.4 Å². The molecular formula is C13H22O4. The zero-order chi connectivity index (χ0) is 12.5. The largest absolute Gasteiger partial charge is 0.508 e. The van der Waals surface area contributed by atoms with Crippen LogP contribution in [0.3, 0.4) is 0 Å². The van der Waals surface area contributed by atoms with Gasteiger partial charge >= 0.3 is 6.16 Å². The van der Waals surface area contributed by atoms with Crippen molar-refractivity contribution in [3.63, 3.8) is 0 Å². The summed E-state index contributed by atoms with van der Waals surface area (Å²) in [5, 5.41) is 0. The van der Waals surface area contributed by atoms with Gasteiger partial charge in [-0.3, -0.25) is 0 Å². The van der Waals surface area contributed by atoms with Crippen molar-refractivity contribution in [2.75, 3.05) is 14.2 Å². The van der Waals surface area contributed by atoms with Crippen molar-refractivity contribution in [3.8, 4) is 0 Å². The first-order chi connectivity index (χ1) is 8.27. The molecule has 4 nitrogen and oxygen atoms in total. The van der Waals surface area contributed by atoms with Crippen LogP contribution in [0.1, 0.15) is 44.9 Å². The van der Waals surface area contributed by atoms with Crippen LogP contribution in [-0.4, -0.2) is 26.5 Å². The number of hydrogen-bond acceptors (Lipinski definition) is 4. The van der Waals surface area contributed by atoms with E-state index in [1.807, 2.05) is 6.08 Å². The van der Waals surface area contributed by atoms with Crippen molar-refractivity contribution >= 4 is 6.16 Å². The Morgan fingerprint density at radius 1 is 1.18 bits per heavy atom. The number of rotatable bonds is 2. The van der Waals surface area contributed by atoms with E-state index in [1.165, 1.54) is 26.4 Å². The molecule has 0 aromatic carbocycles. The van der Waals surface area contributed by atoms with E-state index in [-0.39, 0.29) is 6.10 Å². The van der Waals surface area contributed by atoms with E-state index < -0.39 is 6.16 Å². The Hall–Kier alpha value is -1.19. The van der Waals surface area contributed by atoms with Crippen molar-refractivity contribution in [1.82, 2.24) is 0 Å². The summed E-state index contributed by atoms with van der Waals surface area (Å²) in [5.74, 6) is 0.748. The van der Waals surface area contributed by atoms with Gasteiger partial charge in [0.1, 0.15) is 5.76 Å². The Balaban J connectivity index is 2.65. The van der Waals surface area contributed by atoms with Crippen LogP contribution >= 0.6 is 0 Å². The minimum absolute atomic E-state index is 0.300. The van der Waals surface area contributed by atoms with Gasteiger partial charge in [0.2, 0.25) is 0 Å². The second kappa shape index (κ2) is 7.98. The van der Waals surface area contributed by atoms with Crippen molar-refractivity contribution in [2.24, 2.45) is 0 Å². The number of carbonyl (C=O) groups excluding carboxylic acids is 1. The molecule has 4 heteroatoms. The monoisotopic (exact) mass is 242 g/mol. The molecule has 1 rings (SSSR count). The van der Waals surface area contributed by atoms with Gasteiger partial charge in [-0.2, -0.15) is 0 Å². The molecule has 1 aliphatic carbocycles. The maximum absolute atomic E-state index is 11.2. The van der Waals surface area contributed by atoms with Crippen LogP contribution in [0.4, 0.5) is 4.79 Å². The van der Waals surface area contributed by atoms with E-state index in [0.29, 0.717) is 0 Å². The Labute approximate surface area is 103 Å². The van der Waals surface area contributed by atoms with Crippen molar-refractivity contribution in [3.05, 3.63) is 11.8 Å². The van der Waals surface area contributed by atoms with Crippen LogP contribution in [0.25, 0.3) is 0 Å². The Bertz CT molecular complexity index is 260. The van der Waals surface area contributed by atoms with Crippen LogP contribution in [0.5, 0.6) is 0 Å². The van der Waals surface area contributed by atoms with Gasteiger partial charge in [-0.25, -0.2) is 4.79 Å². The van der Waals surface area contributed by atoms with E-state index in [2.05, 4.69) is 4.74 Å². The number of ether oxygens (including phenoxy) is 3. The molecule has 0 heterocycles. The van der Waals surface area contributed by atoms with Gasteiger partial charge < -0.3 is 14.2 Å². The summed E-state index contributed by atoms with van der Waals surface area (Å²) >= 11 is 0. The first kappa shape index (κ1) is 13.9. The summed E-state index contributed by atoms with van der Waals surface area (Å²) in [6, 6.07) is 0. The Kier molecular flexibility index (Phi) is 6.51. The fourth-order valence-corrected chi connectivity index (χ4v) is 2.02. The zero-order valence-corrected chi connectivity index (χ0v) is 10.7. The third-order valence-corrected chi connectivity index (χ3v) is 2.97. The SMILES string of the molecule is COC(=O)OC1CCCCCCC/C=C\1OC. The first-order valence-electron chi connectivity index (χ1n) is 6.26. The first-order valence-corrected chi connectivity index (χ1v) is 6.26. The van der Waals surface area contributed by atoms with Gasteiger partial charge in [0, 0.05) is 0 Å². The molecule has 0 fully saturated rings. The molecule has 1 atom stereocenters. The minimum atomic E-state index is -0.644. The molecule has 0 radical (unpaired) electrons. The molecule has 17 heavy (non-hydrogen) atoms. The molecule has 0 saturated heterocycles. The molecule has 0 bridgehead atoms. The number of allylic oxidation sites excluding steroid dienone is 1. The third-order valence-electron chi connectivity index (χ3n) is 2.97. The van der Waals surface area contributed by atoms with Crippen molar-refractivity contribution in [1.29, 1.82) is 0 Å². The minimum Gasteiger partial charge on any atom is -0.497 e. The highest BCUT2D eigenvalue weighted by Gasteiger charge is 2.20. The summed E-state index contributed by atoms with van der Waals surface area (Å²) in [6.07, 6.45) is 8.76. The second-order valence-electron chi connectivity index (χ2n) is 4.22. The standard InChI is InChI=1S/C13H22O4/c1-15-11-9-7-5-3-4-6-8-10-12(11)17-13(14)16-2/h9,12H,3-8,10H2,1-2H3/b11-9+. The van der Waals surface area contributed by atoms with Crippen LogP contribution < -0.4 is 0 Å². The topological polar surface area (TPSA) is 44.8 Å². The second-order valence-corrected chi connectivity index (χ2v) is 4.22. The highest BCUT2D eigenvalue weighted by Crippen LogP contribution is 2.20. The predicted molar refractivity (Wildman–Crippen MR) is 64.7 cm³/mol. The summed E-state index contributed by atoms with van der Waals surface area (Å²) in [4.78, 5) is 11.2. The third kappa shape index (κ3) is 5.11. The van der Waals surface area contributed by atoms with E-state index in [9.17, 15) is 4.79 Å². The van der Waals surface area contributed by atoms with E-state index in [4.69, 9.17) is 9.47 Å². The summed E-state index contributed by atoms with van der Waals surface area (Å²) < 4.78 is 15.1. The van der Waals surface area contributed by atoms with Gasteiger partial charge in [0.25, 0.3) is 0 Å². The van der Waals surface area contributed by atoms with Crippen LogP contribution in [-0.2, 0) is 14.2 Å². The predicted octanol–water partition coefficient (Wildman–Crippen LogP) is 3.41. The fraction of sp³-hybridized carbons (Fsp3) is 0.769. The summed E-state index contributed by atoms with van der Waals surface area (Å²) in [5.41, 5.74) is 0. The lowest BCUT2D eigenvalue weighted by atomic mass is 10.0. The lowest BCUT2D eigenvalue weighted by Gasteiger charge is -2.20. The lowest BCUT2D eigenvalue weighted by Crippen LogP contribution is -2.22. The smallest absolute Gasteiger partial charge is 0.497 e. The zero-order valence-electron chi connectivity index (χ0n) is 10.7. The molecule has 0 amide bonds. The van der Waals surface area contributed by atoms with Gasteiger partial charge in [0.15, 0.2) is 6.10 Å². The molecule has 1 aliphatic rings. The van der Waals surface area contributed by atoms with Crippen molar-refractivity contribution in [2.45, 2.75) is 51.0 Å². The van der Waals surface area contributed by atoms with Crippen LogP contribution in [0.15, 0.2) is 11.8 Å².